The topological polar surface area (TPSA) is 108 Å². The first-order valence-electron chi connectivity index (χ1n) is 8.58. The molecule has 0 saturated heterocycles. The Morgan fingerprint density at radius 1 is 1.36 bits per heavy atom. The molecule has 0 spiro atoms. The van der Waals surface area contributed by atoms with Crippen LogP contribution in [0.25, 0.3) is 0 Å². The molecule has 1 aromatic carbocycles. The van der Waals surface area contributed by atoms with Crippen molar-refractivity contribution in [1.29, 1.82) is 0 Å². The minimum atomic E-state index is -0.548. The van der Waals surface area contributed by atoms with Crippen molar-refractivity contribution in [3.05, 3.63) is 68.6 Å². The summed E-state index contributed by atoms with van der Waals surface area (Å²) in [5, 5.41) is 21.8. The number of benzene rings is 1. The normalized spacial score (nSPS) is 12.0. The zero-order valence-corrected chi connectivity index (χ0v) is 17.0. The molecule has 0 fully saturated rings. The van der Waals surface area contributed by atoms with Crippen molar-refractivity contribution < 1.29 is 9.72 Å². The van der Waals surface area contributed by atoms with Gasteiger partial charge in [0.25, 0.3) is 0 Å². The van der Waals surface area contributed by atoms with Gasteiger partial charge in [-0.15, -0.1) is 0 Å². The Morgan fingerprint density at radius 3 is 2.71 bits per heavy atom. The smallest absolute Gasteiger partial charge is 0.358 e. The molecule has 1 unspecified atom stereocenters. The molecule has 1 atom stereocenters. The average Bonchev–Trinajstić information content (AvgIpc) is 3.24. The summed E-state index contributed by atoms with van der Waals surface area (Å²) in [6.07, 6.45) is 3.35. The first kappa shape index (κ1) is 19.7. The summed E-state index contributed by atoms with van der Waals surface area (Å²) in [6, 6.07) is 9.31. The summed E-state index contributed by atoms with van der Waals surface area (Å²) in [7, 11) is 0. The van der Waals surface area contributed by atoms with E-state index in [1.54, 1.807) is 30.9 Å². The number of halogens is 1. The second-order valence-corrected chi connectivity index (χ2v) is 7.44. The highest BCUT2D eigenvalue weighted by molar-refractivity contribution is 9.10. The van der Waals surface area contributed by atoms with Gasteiger partial charge >= 0.3 is 5.82 Å². The highest BCUT2D eigenvalue weighted by Gasteiger charge is 2.21. The Morgan fingerprint density at radius 2 is 2.07 bits per heavy atom. The van der Waals surface area contributed by atoms with E-state index in [9.17, 15) is 14.9 Å². The van der Waals surface area contributed by atoms with Gasteiger partial charge in [0.05, 0.1) is 47.8 Å². The van der Waals surface area contributed by atoms with Gasteiger partial charge in [-0.25, -0.2) is 0 Å². The Balaban J connectivity index is 1.59. The Bertz CT molecular complexity index is 995. The van der Waals surface area contributed by atoms with E-state index in [0.29, 0.717) is 17.9 Å². The lowest BCUT2D eigenvalue weighted by Crippen LogP contribution is -2.25. The molecule has 28 heavy (non-hydrogen) atoms. The number of nitrogens with one attached hydrogen (secondary N) is 1. The third kappa shape index (κ3) is 4.83. The molecule has 2 heterocycles. The largest absolute Gasteiger partial charge is 0.390 e. The van der Waals surface area contributed by atoms with Crippen molar-refractivity contribution in [3.63, 3.8) is 0 Å². The van der Waals surface area contributed by atoms with E-state index in [0.717, 1.165) is 10.0 Å². The van der Waals surface area contributed by atoms with Crippen LogP contribution in [-0.4, -0.2) is 30.4 Å². The molecule has 3 aromatic rings. The number of hydrogen-bond acceptors (Lipinski definition) is 5. The minimum Gasteiger partial charge on any atom is -0.358 e. The monoisotopic (exact) mass is 446 g/mol. The van der Waals surface area contributed by atoms with Crippen molar-refractivity contribution in [1.82, 2.24) is 19.6 Å². The average molecular weight is 447 g/mol. The lowest BCUT2D eigenvalue weighted by molar-refractivity contribution is -0.389. The fourth-order valence-electron chi connectivity index (χ4n) is 2.67. The van der Waals surface area contributed by atoms with Crippen LogP contribution in [0.5, 0.6) is 0 Å². The molecule has 0 aliphatic carbocycles. The number of nitro groups is 1. The number of anilines is 1. The number of aromatic nitrogens is 4. The summed E-state index contributed by atoms with van der Waals surface area (Å²) >= 11 is 3.40. The number of aryl methyl sites for hydroxylation is 1. The number of carbonyl (C=O) groups excluding carboxylic acids is 1. The van der Waals surface area contributed by atoms with Crippen molar-refractivity contribution >= 4 is 33.3 Å². The van der Waals surface area contributed by atoms with Crippen molar-refractivity contribution in [2.75, 3.05) is 5.32 Å². The van der Waals surface area contributed by atoms with Crippen molar-refractivity contribution in [3.8, 4) is 0 Å². The Labute approximate surface area is 169 Å². The quantitative estimate of drug-likeness (QED) is 0.441. The van der Waals surface area contributed by atoms with E-state index in [1.165, 1.54) is 10.7 Å². The van der Waals surface area contributed by atoms with Crippen LogP contribution in [0.1, 0.15) is 18.2 Å². The van der Waals surface area contributed by atoms with E-state index in [1.807, 2.05) is 24.3 Å². The first-order valence-corrected chi connectivity index (χ1v) is 9.37. The van der Waals surface area contributed by atoms with Crippen LogP contribution in [0.15, 0.2) is 47.2 Å². The van der Waals surface area contributed by atoms with Gasteiger partial charge in [0.15, 0.2) is 0 Å². The van der Waals surface area contributed by atoms with Crippen LogP contribution in [0.4, 0.5) is 11.5 Å². The second-order valence-electron chi connectivity index (χ2n) is 6.53. The van der Waals surface area contributed by atoms with Gasteiger partial charge in [-0.3, -0.25) is 9.48 Å². The van der Waals surface area contributed by atoms with E-state index in [4.69, 9.17) is 0 Å². The SMILES string of the molecule is Cc1cc([N+](=O)[O-])nn1CC(C)C(=O)Nc1cnn(Cc2ccc(Br)cc2)c1. The molecule has 146 valence electrons. The van der Waals surface area contributed by atoms with Gasteiger partial charge in [0.2, 0.25) is 5.91 Å². The van der Waals surface area contributed by atoms with Gasteiger partial charge < -0.3 is 15.4 Å². The van der Waals surface area contributed by atoms with Crippen LogP contribution in [0.3, 0.4) is 0 Å². The molecule has 2 aromatic heterocycles. The number of amides is 1. The summed E-state index contributed by atoms with van der Waals surface area (Å²) in [5.74, 6) is -0.854. The maximum absolute atomic E-state index is 12.4. The Kier molecular flexibility index (Phi) is 5.88. The zero-order valence-electron chi connectivity index (χ0n) is 15.4. The van der Waals surface area contributed by atoms with E-state index >= 15 is 0 Å². The molecule has 10 heteroatoms. The van der Waals surface area contributed by atoms with E-state index in [2.05, 4.69) is 31.4 Å². The van der Waals surface area contributed by atoms with Gasteiger partial charge in [-0.1, -0.05) is 35.0 Å². The lowest BCUT2D eigenvalue weighted by atomic mass is 10.1. The van der Waals surface area contributed by atoms with Crippen LogP contribution in [0, 0.1) is 23.0 Å². The molecular formula is C18H19BrN6O3. The molecule has 0 radical (unpaired) electrons. The van der Waals surface area contributed by atoms with E-state index in [-0.39, 0.29) is 18.3 Å². The molecule has 3 rings (SSSR count). The maximum atomic E-state index is 12.4. The molecule has 9 nitrogen and oxygen atoms in total. The molecule has 0 aliphatic rings. The fourth-order valence-corrected chi connectivity index (χ4v) is 2.93. The summed E-state index contributed by atoms with van der Waals surface area (Å²) in [5.41, 5.74) is 2.32. The summed E-state index contributed by atoms with van der Waals surface area (Å²) in [4.78, 5) is 22.7. The highest BCUT2D eigenvalue weighted by Crippen LogP contribution is 2.15. The standard InChI is InChI=1S/C18H19BrN6O3/c1-12(9-24-13(2)7-17(22-24)25(27)28)18(26)21-16-8-20-23(11-16)10-14-3-5-15(19)6-4-14/h3-8,11-12H,9-10H2,1-2H3,(H,21,26). The maximum Gasteiger partial charge on any atom is 0.390 e. The third-order valence-corrected chi connectivity index (χ3v) is 4.74. The minimum absolute atomic E-state index is 0.208. The van der Waals surface area contributed by atoms with Gasteiger partial charge in [0, 0.05) is 10.7 Å². The summed E-state index contributed by atoms with van der Waals surface area (Å²) in [6.45, 7) is 4.30. The molecule has 1 amide bonds. The third-order valence-electron chi connectivity index (χ3n) is 4.21. The number of nitrogens with zero attached hydrogens (tertiary/aromatic N) is 5. The molecule has 0 bridgehead atoms. The number of hydrogen-bond donors (Lipinski definition) is 1. The molecule has 1 N–H and O–H groups in total. The van der Waals surface area contributed by atoms with Crippen LogP contribution >= 0.6 is 15.9 Å². The van der Waals surface area contributed by atoms with Gasteiger partial charge in [-0.05, 0) is 29.5 Å². The second kappa shape index (κ2) is 8.34. The summed E-state index contributed by atoms with van der Waals surface area (Å²) < 4.78 is 4.22. The molecular weight excluding hydrogens is 428 g/mol. The van der Waals surface area contributed by atoms with Gasteiger partial charge in [0.1, 0.15) is 0 Å². The van der Waals surface area contributed by atoms with Crippen LogP contribution in [-0.2, 0) is 17.9 Å². The predicted octanol–water partition coefficient (Wildman–Crippen LogP) is 3.38. The van der Waals surface area contributed by atoms with Crippen molar-refractivity contribution in [2.24, 2.45) is 5.92 Å². The predicted molar refractivity (Wildman–Crippen MR) is 107 cm³/mol. The first-order chi connectivity index (χ1) is 13.3. The van der Waals surface area contributed by atoms with E-state index < -0.39 is 10.8 Å². The van der Waals surface area contributed by atoms with Gasteiger partial charge in [-0.2, -0.15) is 9.78 Å². The lowest BCUT2D eigenvalue weighted by Gasteiger charge is -2.10. The Hall–Kier alpha value is -3.01. The highest BCUT2D eigenvalue weighted by atomic mass is 79.9. The zero-order chi connectivity index (χ0) is 20.3. The molecule has 0 saturated carbocycles. The fraction of sp³-hybridized carbons (Fsp3) is 0.278. The van der Waals surface area contributed by atoms with Crippen LogP contribution < -0.4 is 5.32 Å². The van der Waals surface area contributed by atoms with Crippen molar-refractivity contribution in [2.45, 2.75) is 26.9 Å². The number of rotatable bonds is 7. The van der Waals surface area contributed by atoms with Crippen LogP contribution in [0.2, 0.25) is 0 Å². The number of carbonyl (C=O) groups is 1. The molecule has 0 aliphatic heterocycles.